The number of hydrazone groups is 1. The molecule has 2 aromatic rings. The van der Waals surface area contributed by atoms with Crippen molar-refractivity contribution in [1.82, 2.24) is 10.6 Å². The number of nitrogen functional groups attached to an aromatic ring is 1. The third-order valence-electron chi connectivity index (χ3n) is 2.47. The number of methoxy groups -OCH3 is 1. The van der Waals surface area contributed by atoms with Gasteiger partial charge < -0.3 is 20.8 Å². The molecule has 1 aromatic carbocycles. The SMILES string of the molecule is COc1cccc(/C=N\NC(=O)c2c(N)no[n+]2[O-])c1O. The van der Waals surface area contributed by atoms with Crippen LogP contribution in [0.2, 0.25) is 0 Å². The van der Waals surface area contributed by atoms with Gasteiger partial charge in [-0.25, -0.2) is 5.43 Å². The molecule has 0 unspecified atom stereocenters. The highest BCUT2D eigenvalue weighted by Gasteiger charge is 2.24. The van der Waals surface area contributed by atoms with Gasteiger partial charge in [0.25, 0.3) is 0 Å². The van der Waals surface area contributed by atoms with E-state index in [2.05, 4.69) is 20.3 Å². The number of nitrogens with two attached hydrogens (primary N) is 1. The van der Waals surface area contributed by atoms with Crippen molar-refractivity contribution < 1.29 is 24.2 Å². The lowest BCUT2D eigenvalue weighted by Gasteiger charge is -2.04. The minimum atomic E-state index is -0.901. The monoisotopic (exact) mass is 293 g/mol. The predicted molar refractivity (Wildman–Crippen MR) is 69.6 cm³/mol. The first-order chi connectivity index (χ1) is 10.0. The number of aromatic hydroxyl groups is 1. The number of carbonyl (C=O) groups excluding carboxylic acids is 1. The molecule has 4 N–H and O–H groups in total. The van der Waals surface area contributed by atoms with E-state index in [-0.39, 0.29) is 22.2 Å². The second-order valence-electron chi connectivity index (χ2n) is 3.76. The maximum absolute atomic E-state index is 11.6. The molecule has 110 valence electrons. The first-order valence-electron chi connectivity index (χ1n) is 5.59. The van der Waals surface area contributed by atoms with Gasteiger partial charge in [0.1, 0.15) is 0 Å². The van der Waals surface area contributed by atoms with Gasteiger partial charge in [0.05, 0.1) is 18.5 Å². The quantitative estimate of drug-likeness (QED) is 0.385. The summed E-state index contributed by atoms with van der Waals surface area (Å²) in [6.07, 6.45) is 1.18. The molecule has 2 rings (SSSR count). The number of hydrogen-bond donors (Lipinski definition) is 3. The molecule has 0 fully saturated rings. The van der Waals surface area contributed by atoms with Gasteiger partial charge in [-0.3, -0.25) is 9.42 Å². The van der Waals surface area contributed by atoms with Gasteiger partial charge in [-0.05, 0) is 17.0 Å². The molecule has 0 radical (unpaired) electrons. The largest absolute Gasteiger partial charge is 0.504 e. The van der Waals surface area contributed by atoms with Crippen LogP contribution in [0.3, 0.4) is 0 Å². The average Bonchev–Trinajstić information content (AvgIpc) is 2.80. The standard InChI is InChI=1S/C11H11N5O5/c1-20-7-4-2-3-6(9(7)17)5-13-14-11(18)8-10(12)15-21-16(8)19/h2-5,17H,1H3,(H2,12,15)(H,14,18)/b13-5-. The Kier molecular flexibility index (Phi) is 3.88. The van der Waals surface area contributed by atoms with Crippen LogP contribution in [0.15, 0.2) is 27.9 Å². The Labute approximate surface area is 118 Å². The maximum Gasteiger partial charge on any atom is 0.322 e. The van der Waals surface area contributed by atoms with E-state index in [4.69, 9.17) is 10.5 Å². The first-order valence-corrected chi connectivity index (χ1v) is 5.59. The minimum Gasteiger partial charge on any atom is -0.504 e. The zero-order valence-corrected chi connectivity index (χ0v) is 10.8. The topological polar surface area (TPSA) is 150 Å². The van der Waals surface area contributed by atoms with Crippen molar-refractivity contribution in [3.63, 3.8) is 0 Å². The van der Waals surface area contributed by atoms with Crippen LogP contribution in [-0.2, 0) is 0 Å². The van der Waals surface area contributed by atoms with Crippen molar-refractivity contribution >= 4 is 17.9 Å². The molecule has 1 amide bonds. The van der Waals surface area contributed by atoms with Gasteiger partial charge in [-0.1, -0.05) is 6.07 Å². The Bertz CT molecular complexity index is 677. The maximum atomic E-state index is 11.6. The lowest BCUT2D eigenvalue weighted by Crippen LogP contribution is -2.36. The van der Waals surface area contributed by atoms with E-state index in [1.165, 1.54) is 13.3 Å². The van der Waals surface area contributed by atoms with E-state index in [0.717, 1.165) is 0 Å². The summed E-state index contributed by atoms with van der Waals surface area (Å²) in [4.78, 5) is 11.5. The lowest BCUT2D eigenvalue weighted by molar-refractivity contribution is -0.803. The zero-order chi connectivity index (χ0) is 15.4. The average molecular weight is 293 g/mol. The van der Waals surface area contributed by atoms with Gasteiger partial charge in [0, 0.05) is 5.56 Å². The van der Waals surface area contributed by atoms with Crippen molar-refractivity contribution in [2.24, 2.45) is 5.10 Å². The molecule has 10 nitrogen and oxygen atoms in total. The van der Waals surface area contributed by atoms with Gasteiger partial charge in [-0.2, -0.15) is 5.10 Å². The van der Waals surface area contributed by atoms with Crippen LogP contribution in [0.5, 0.6) is 11.5 Å². The minimum absolute atomic E-state index is 0.136. The van der Waals surface area contributed by atoms with Gasteiger partial charge in [0.2, 0.25) is 0 Å². The number of benzene rings is 1. The molecule has 0 aliphatic carbocycles. The summed E-state index contributed by atoms with van der Waals surface area (Å²) >= 11 is 0. The van der Waals surface area contributed by atoms with Gasteiger partial charge in [0.15, 0.2) is 11.5 Å². The summed E-state index contributed by atoms with van der Waals surface area (Å²) in [6, 6.07) is 4.74. The van der Waals surface area contributed by atoms with E-state index in [9.17, 15) is 15.1 Å². The van der Waals surface area contributed by atoms with Crippen LogP contribution < -0.4 is 20.8 Å². The number of hydrogen-bond acceptors (Lipinski definition) is 8. The van der Waals surface area contributed by atoms with Crippen LogP contribution in [0, 0.1) is 5.21 Å². The number of rotatable bonds is 4. The number of phenols is 1. The highest BCUT2D eigenvalue weighted by molar-refractivity contribution is 5.95. The third kappa shape index (κ3) is 2.83. The lowest BCUT2D eigenvalue weighted by atomic mass is 10.2. The smallest absolute Gasteiger partial charge is 0.322 e. The molecular formula is C11H11N5O5. The van der Waals surface area contributed by atoms with Crippen molar-refractivity contribution in [3.8, 4) is 11.5 Å². The van der Waals surface area contributed by atoms with Crippen LogP contribution in [0.1, 0.15) is 16.1 Å². The van der Waals surface area contributed by atoms with Crippen LogP contribution >= 0.6 is 0 Å². The second kappa shape index (κ2) is 5.77. The molecule has 10 heteroatoms. The Morgan fingerprint density at radius 1 is 1.67 bits per heavy atom. The number of nitrogens with zero attached hydrogens (tertiary/aromatic N) is 3. The Balaban J connectivity index is 2.11. The number of ether oxygens (including phenoxy) is 1. The number of amides is 1. The molecule has 0 aliphatic heterocycles. The second-order valence-corrected chi connectivity index (χ2v) is 3.76. The molecule has 0 aliphatic rings. The molecule has 0 atom stereocenters. The van der Waals surface area contributed by atoms with Gasteiger partial charge in [-0.15, -0.1) is 0 Å². The Hall–Kier alpha value is -3.30. The van der Waals surface area contributed by atoms with Crippen LogP contribution in [0.25, 0.3) is 0 Å². The molecule has 0 saturated carbocycles. The van der Waals surface area contributed by atoms with Crippen LogP contribution in [0.4, 0.5) is 5.82 Å². The predicted octanol–water partition coefficient (Wildman–Crippen LogP) is -0.632. The first kappa shape index (κ1) is 14.1. The fourth-order valence-electron chi connectivity index (χ4n) is 1.48. The van der Waals surface area contributed by atoms with Crippen LogP contribution in [-0.4, -0.2) is 29.5 Å². The summed E-state index contributed by atoms with van der Waals surface area (Å²) in [6.45, 7) is 0. The van der Waals surface area contributed by atoms with E-state index in [0.29, 0.717) is 5.56 Å². The summed E-state index contributed by atoms with van der Waals surface area (Å²) < 4.78 is 9.07. The zero-order valence-electron chi connectivity index (χ0n) is 10.8. The van der Waals surface area contributed by atoms with Crippen molar-refractivity contribution in [2.75, 3.05) is 12.8 Å². The van der Waals surface area contributed by atoms with E-state index >= 15 is 0 Å². The Morgan fingerprint density at radius 2 is 2.43 bits per heavy atom. The van der Waals surface area contributed by atoms with E-state index in [1.54, 1.807) is 18.2 Å². The summed E-state index contributed by atoms with van der Waals surface area (Å²) in [5, 5.41) is 27.6. The third-order valence-corrected chi connectivity index (χ3v) is 2.47. The highest BCUT2D eigenvalue weighted by Crippen LogP contribution is 2.27. The van der Waals surface area contributed by atoms with Crippen molar-refractivity contribution in [1.29, 1.82) is 0 Å². The van der Waals surface area contributed by atoms with Crippen molar-refractivity contribution in [2.45, 2.75) is 0 Å². The number of nitrogens with one attached hydrogen (secondary N) is 1. The van der Waals surface area contributed by atoms with E-state index in [1.807, 2.05) is 0 Å². The highest BCUT2D eigenvalue weighted by atomic mass is 16.8. The molecule has 21 heavy (non-hydrogen) atoms. The number of aromatic nitrogens is 2. The molecular weight excluding hydrogens is 282 g/mol. The molecule has 0 spiro atoms. The molecule has 0 saturated heterocycles. The summed E-state index contributed by atoms with van der Waals surface area (Å²) in [5.41, 5.74) is 7.15. The fraction of sp³-hybridized carbons (Fsp3) is 0.0909. The van der Waals surface area contributed by atoms with E-state index < -0.39 is 11.6 Å². The number of anilines is 1. The normalized spacial score (nSPS) is 10.7. The Morgan fingerprint density at radius 3 is 3.05 bits per heavy atom. The number of carbonyl (C=O) groups is 1. The van der Waals surface area contributed by atoms with Crippen molar-refractivity contribution in [3.05, 3.63) is 34.7 Å². The van der Waals surface area contributed by atoms with Gasteiger partial charge >= 0.3 is 17.4 Å². The molecule has 0 bridgehead atoms. The summed E-state index contributed by atoms with van der Waals surface area (Å²) in [7, 11) is 1.40. The number of para-hydroxylation sites is 1. The summed E-state index contributed by atoms with van der Waals surface area (Å²) in [5.74, 6) is -1.14. The molecule has 1 heterocycles. The molecule has 1 aromatic heterocycles. The fourth-order valence-corrected chi connectivity index (χ4v) is 1.48. The number of phenolic OH excluding ortho intramolecular Hbond substituents is 1.